The molecule has 0 atom stereocenters. The van der Waals surface area contributed by atoms with Crippen LogP contribution in [0.2, 0.25) is 5.02 Å². The third kappa shape index (κ3) is 2.94. The van der Waals surface area contributed by atoms with Crippen molar-refractivity contribution in [3.05, 3.63) is 22.7 Å². The third-order valence-electron chi connectivity index (χ3n) is 2.49. The lowest BCUT2D eigenvalue weighted by atomic mass is 10.1. The summed E-state index contributed by atoms with van der Waals surface area (Å²) >= 11 is 6.11. The van der Waals surface area contributed by atoms with Gasteiger partial charge in [0.05, 0.1) is 5.69 Å². The Morgan fingerprint density at radius 2 is 2.41 bits per heavy atom. The van der Waals surface area contributed by atoms with E-state index < -0.39 is 6.09 Å². The SMILES string of the molecule is O=C(O)NCCc1cc2c(cc1Cl)NCCO2. The van der Waals surface area contributed by atoms with Crippen molar-refractivity contribution in [1.82, 2.24) is 5.32 Å². The number of benzene rings is 1. The molecule has 0 unspecified atom stereocenters. The third-order valence-corrected chi connectivity index (χ3v) is 2.85. The van der Waals surface area contributed by atoms with Gasteiger partial charge in [0.2, 0.25) is 0 Å². The predicted octanol–water partition coefficient (Wildman–Crippen LogP) is 1.95. The summed E-state index contributed by atoms with van der Waals surface area (Å²) < 4.78 is 5.49. The first-order chi connectivity index (χ1) is 8.16. The number of rotatable bonds is 3. The summed E-state index contributed by atoms with van der Waals surface area (Å²) in [5.74, 6) is 0.769. The highest BCUT2D eigenvalue weighted by Gasteiger charge is 2.13. The Labute approximate surface area is 104 Å². The maximum atomic E-state index is 10.3. The predicted molar refractivity (Wildman–Crippen MR) is 65.2 cm³/mol. The summed E-state index contributed by atoms with van der Waals surface area (Å²) in [6.45, 7) is 1.73. The molecule has 0 bridgehead atoms. The van der Waals surface area contributed by atoms with Crippen molar-refractivity contribution in [2.75, 3.05) is 25.0 Å². The van der Waals surface area contributed by atoms with Gasteiger partial charge in [0, 0.05) is 18.1 Å². The molecule has 0 spiro atoms. The van der Waals surface area contributed by atoms with E-state index in [9.17, 15) is 4.79 Å². The van der Waals surface area contributed by atoms with Crippen molar-refractivity contribution in [3.8, 4) is 5.75 Å². The summed E-state index contributed by atoms with van der Waals surface area (Å²) in [5.41, 5.74) is 1.76. The van der Waals surface area contributed by atoms with Crippen LogP contribution in [-0.4, -0.2) is 30.9 Å². The molecule has 1 heterocycles. The van der Waals surface area contributed by atoms with Crippen LogP contribution in [0.3, 0.4) is 0 Å². The van der Waals surface area contributed by atoms with Crippen LogP contribution in [0.4, 0.5) is 10.5 Å². The highest BCUT2D eigenvalue weighted by molar-refractivity contribution is 6.31. The first kappa shape index (κ1) is 11.9. The van der Waals surface area contributed by atoms with Gasteiger partial charge in [-0.25, -0.2) is 4.79 Å². The number of amides is 1. The molecule has 6 heteroatoms. The molecule has 3 N–H and O–H groups in total. The summed E-state index contributed by atoms with van der Waals surface area (Å²) in [6, 6.07) is 3.67. The lowest BCUT2D eigenvalue weighted by Crippen LogP contribution is -2.23. The molecule has 2 rings (SSSR count). The van der Waals surface area contributed by atoms with Crippen LogP contribution in [-0.2, 0) is 6.42 Å². The summed E-state index contributed by atoms with van der Waals surface area (Å²) in [7, 11) is 0. The van der Waals surface area contributed by atoms with Crippen molar-refractivity contribution >= 4 is 23.4 Å². The van der Waals surface area contributed by atoms with Gasteiger partial charge in [-0.05, 0) is 24.1 Å². The lowest BCUT2D eigenvalue weighted by molar-refractivity contribution is 0.194. The molecular formula is C11H13ClN2O3. The fourth-order valence-corrected chi connectivity index (χ4v) is 1.95. The number of carboxylic acid groups (broad SMARTS) is 1. The molecule has 92 valence electrons. The molecule has 5 nitrogen and oxygen atoms in total. The summed E-state index contributed by atoms with van der Waals surface area (Å²) in [5, 5.41) is 14.6. The van der Waals surface area contributed by atoms with Gasteiger partial charge in [0.25, 0.3) is 0 Å². The second-order valence-electron chi connectivity index (χ2n) is 3.70. The largest absolute Gasteiger partial charge is 0.490 e. The minimum atomic E-state index is -1.03. The Bertz CT molecular complexity index is 437. The molecule has 17 heavy (non-hydrogen) atoms. The zero-order valence-corrected chi connectivity index (χ0v) is 9.88. The average Bonchev–Trinajstić information content (AvgIpc) is 2.29. The number of carbonyl (C=O) groups is 1. The van der Waals surface area contributed by atoms with Crippen molar-refractivity contribution in [2.24, 2.45) is 0 Å². The van der Waals surface area contributed by atoms with Crippen LogP contribution in [0, 0.1) is 0 Å². The fourth-order valence-electron chi connectivity index (χ4n) is 1.70. The van der Waals surface area contributed by atoms with E-state index in [0.717, 1.165) is 23.5 Å². The van der Waals surface area contributed by atoms with E-state index in [0.29, 0.717) is 24.6 Å². The van der Waals surface area contributed by atoms with E-state index in [4.69, 9.17) is 21.4 Å². The van der Waals surface area contributed by atoms with Crippen LogP contribution < -0.4 is 15.4 Å². The highest BCUT2D eigenvalue weighted by atomic mass is 35.5. The van der Waals surface area contributed by atoms with Crippen molar-refractivity contribution in [1.29, 1.82) is 0 Å². The first-order valence-electron chi connectivity index (χ1n) is 5.32. The van der Waals surface area contributed by atoms with Crippen LogP contribution in [0.5, 0.6) is 5.75 Å². The van der Waals surface area contributed by atoms with E-state index in [1.54, 1.807) is 0 Å². The highest BCUT2D eigenvalue weighted by Crippen LogP contribution is 2.33. The van der Waals surface area contributed by atoms with Crippen LogP contribution in [0.25, 0.3) is 0 Å². The second-order valence-corrected chi connectivity index (χ2v) is 4.10. The Kier molecular flexibility index (Phi) is 3.58. The molecule has 0 aromatic heterocycles. The number of anilines is 1. The Morgan fingerprint density at radius 1 is 1.59 bits per heavy atom. The number of halogens is 1. The quantitative estimate of drug-likeness (QED) is 0.773. The standard InChI is InChI=1S/C11H13ClN2O3/c12-8-6-9-10(17-4-3-13-9)5-7(8)1-2-14-11(15)16/h5-6,13-14H,1-4H2,(H,15,16). The Balaban J connectivity index is 2.09. The number of nitrogens with one attached hydrogen (secondary N) is 2. The summed E-state index contributed by atoms with van der Waals surface area (Å²) in [4.78, 5) is 10.3. The number of hydrogen-bond donors (Lipinski definition) is 3. The monoisotopic (exact) mass is 256 g/mol. The lowest BCUT2D eigenvalue weighted by Gasteiger charge is -2.20. The molecule has 1 aromatic rings. The van der Waals surface area contributed by atoms with E-state index in [1.807, 2.05) is 12.1 Å². The van der Waals surface area contributed by atoms with Gasteiger partial charge in [-0.3, -0.25) is 0 Å². The zero-order valence-electron chi connectivity index (χ0n) is 9.12. The first-order valence-corrected chi connectivity index (χ1v) is 5.70. The maximum absolute atomic E-state index is 10.3. The maximum Gasteiger partial charge on any atom is 0.404 e. The van der Waals surface area contributed by atoms with Gasteiger partial charge in [-0.1, -0.05) is 11.6 Å². The number of hydrogen-bond acceptors (Lipinski definition) is 3. The van der Waals surface area contributed by atoms with Crippen LogP contribution >= 0.6 is 11.6 Å². The number of fused-ring (bicyclic) bond motifs is 1. The van der Waals surface area contributed by atoms with E-state index in [2.05, 4.69) is 10.6 Å². The van der Waals surface area contributed by atoms with Crippen molar-refractivity contribution in [3.63, 3.8) is 0 Å². The van der Waals surface area contributed by atoms with Gasteiger partial charge < -0.3 is 20.5 Å². The van der Waals surface area contributed by atoms with Crippen LogP contribution in [0.15, 0.2) is 12.1 Å². The van der Waals surface area contributed by atoms with Gasteiger partial charge in [-0.15, -0.1) is 0 Å². The number of ether oxygens (including phenoxy) is 1. The minimum Gasteiger partial charge on any atom is -0.490 e. The van der Waals surface area contributed by atoms with E-state index in [-0.39, 0.29) is 0 Å². The smallest absolute Gasteiger partial charge is 0.404 e. The topological polar surface area (TPSA) is 70.6 Å². The van der Waals surface area contributed by atoms with Gasteiger partial charge >= 0.3 is 6.09 Å². The molecule has 1 aliphatic heterocycles. The molecule has 1 aromatic carbocycles. The van der Waals surface area contributed by atoms with Gasteiger partial charge in [0.1, 0.15) is 12.4 Å². The Morgan fingerprint density at radius 3 is 3.18 bits per heavy atom. The molecule has 0 saturated carbocycles. The molecule has 0 aliphatic carbocycles. The second kappa shape index (κ2) is 5.14. The molecule has 1 amide bonds. The van der Waals surface area contributed by atoms with Gasteiger partial charge in [0.15, 0.2) is 0 Å². The zero-order chi connectivity index (χ0) is 12.3. The normalized spacial score (nSPS) is 13.2. The van der Waals surface area contributed by atoms with E-state index >= 15 is 0 Å². The minimum absolute atomic E-state index is 0.335. The van der Waals surface area contributed by atoms with Gasteiger partial charge in [-0.2, -0.15) is 0 Å². The molecule has 0 fully saturated rings. The summed E-state index contributed by atoms with van der Waals surface area (Å²) in [6.07, 6.45) is -0.487. The molecule has 1 aliphatic rings. The molecule has 0 radical (unpaired) electrons. The average molecular weight is 257 g/mol. The molecular weight excluding hydrogens is 244 g/mol. The van der Waals surface area contributed by atoms with Crippen molar-refractivity contribution in [2.45, 2.75) is 6.42 Å². The Hall–Kier alpha value is -1.62. The molecule has 0 saturated heterocycles. The van der Waals surface area contributed by atoms with Crippen LogP contribution in [0.1, 0.15) is 5.56 Å². The fraction of sp³-hybridized carbons (Fsp3) is 0.364. The van der Waals surface area contributed by atoms with E-state index in [1.165, 1.54) is 0 Å². The van der Waals surface area contributed by atoms with Crippen molar-refractivity contribution < 1.29 is 14.6 Å².